The standard InChI is InChI=1S/C11H18N2O3/c1-5-11(14,6-2)8-7-9(15-3)13-10(12-8)16-4/h7,14H,5-6H2,1-4H3. The van der Waals surface area contributed by atoms with E-state index in [0.717, 1.165) is 0 Å². The molecule has 16 heavy (non-hydrogen) atoms. The predicted octanol–water partition coefficient (Wildman–Crippen LogP) is 1.50. The zero-order valence-corrected chi connectivity index (χ0v) is 10.1. The Balaban J connectivity index is 3.21. The average Bonchev–Trinajstić information content (AvgIpc) is 2.36. The fourth-order valence-electron chi connectivity index (χ4n) is 1.45. The molecule has 1 heterocycles. The Kier molecular flexibility index (Phi) is 4.06. The van der Waals surface area contributed by atoms with Crippen LogP contribution in [0.1, 0.15) is 32.4 Å². The van der Waals surface area contributed by atoms with Gasteiger partial charge in [0.05, 0.1) is 19.9 Å². The number of ether oxygens (including phenoxy) is 2. The fourth-order valence-corrected chi connectivity index (χ4v) is 1.45. The van der Waals surface area contributed by atoms with E-state index in [1.54, 1.807) is 6.07 Å². The van der Waals surface area contributed by atoms with Crippen molar-refractivity contribution in [2.24, 2.45) is 0 Å². The SMILES string of the molecule is CCC(O)(CC)c1cc(OC)nc(OC)n1. The second kappa shape index (κ2) is 5.12. The lowest BCUT2D eigenvalue weighted by Gasteiger charge is -2.24. The van der Waals surface area contributed by atoms with E-state index >= 15 is 0 Å². The molecule has 1 N–H and O–H groups in total. The summed E-state index contributed by atoms with van der Waals surface area (Å²) < 4.78 is 10.0. The van der Waals surface area contributed by atoms with Gasteiger partial charge in [0.1, 0.15) is 5.60 Å². The van der Waals surface area contributed by atoms with Crippen molar-refractivity contribution < 1.29 is 14.6 Å². The van der Waals surface area contributed by atoms with E-state index in [9.17, 15) is 5.11 Å². The lowest BCUT2D eigenvalue weighted by atomic mass is 9.93. The van der Waals surface area contributed by atoms with Crippen LogP contribution in [0.25, 0.3) is 0 Å². The number of nitrogens with zero attached hydrogens (tertiary/aromatic N) is 2. The highest BCUT2D eigenvalue weighted by Crippen LogP contribution is 2.29. The summed E-state index contributed by atoms with van der Waals surface area (Å²) in [5.41, 5.74) is -0.426. The maximum absolute atomic E-state index is 10.3. The highest BCUT2D eigenvalue weighted by molar-refractivity contribution is 5.23. The van der Waals surface area contributed by atoms with Crippen molar-refractivity contribution in [2.45, 2.75) is 32.3 Å². The summed E-state index contributed by atoms with van der Waals surface area (Å²) in [7, 11) is 3.00. The van der Waals surface area contributed by atoms with E-state index in [1.165, 1.54) is 14.2 Å². The molecule has 0 fully saturated rings. The first-order valence-electron chi connectivity index (χ1n) is 5.29. The quantitative estimate of drug-likeness (QED) is 0.824. The van der Waals surface area contributed by atoms with Crippen molar-refractivity contribution in [2.75, 3.05) is 14.2 Å². The van der Waals surface area contributed by atoms with Gasteiger partial charge in [0.25, 0.3) is 0 Å². The van der Waals surface area contributed by atoms with Crippen molar-refractivity contribution in [1.29, 1.82) is 0 Å². The van der Waals surface area contributed by atoms with E-state index in [0.29, 0.717) is 24.4 Å². The summed E-state index contributed by atoms with van der Waals surface area (Å²) in [6.07, 6.45) is 1.15. The Bertz CT molecular complexity index is 329. The van der Waals surface area contributed by atoms with Crippen LogP contribution in [0.2, 0.25) is 0 Å². The van der Waals surface area contributed by atoms with Crippen LogP contribution in [0.3, 0.4) is 0 Å². The smallest absolute Gasteiger partial charge is 0.319 e. The van der Waals surface area contributed by atoms with Gasteiger partial charge < -0.3 is 14.6 Å². The van der Waals surface area contributed by atoms with Crippen molar-refractivity contribution in [3.8, 4) is 11.9 Å². The third-order valence-electron chi connectivity index (χ3n) is 2.72. The predicted molar refractivity (Wildman–Crippen MR) is 59.6 cm³/mol. The second-order valence-corrected chi connectivity index (χ2v) is 3.52. The highest BCUT2D eigenvalue weighted by atomic mass is 16.5. The molecule has 0 amide bonds. The maximum atomic E-state index is 10.3. The fraction of sp³-hybridized carbons (Fsp3) is 0.636. The van der Waals surface area contributed by atoms with Gasteiger partial charge >= 0.3 is 6.01 Å². The number of methoxy groups -OCH3 is 2. The molecule has 1 aromatic rings. The van der Waals surface area contributed by atoms with Gasteiger partial charge in [-0.15, -0.1) is 0 Å². The van der Waals surface area contributed by atoms with Gasteiger partial charge in [-0.05, 0) is 12.8 Å². The van der Waals surface area contributed by atoms with Crippen LogP contribution in [0, 0.1) is 0 Å². The molecule has 5 nitrogen and oxygen atoms in total. The molecule has 1 rings (SSSR count). The number of hydrogen-bond acceptors (Lipinski definition) is 5. The van der Waals surface area contributed by atoms with Crippen molar-refractivity contribution >= 4 is 0 Å². The van der Waals surface area contributed by atoms with Gasteiger partial charge in [-0.2, -0.15) is 9.97 Å². The first-order valence-corrected chi connectivity index (χ1v) is 5.29. The minimum Gasteiger partial charge on any atom is -0.481 e. The lowest BCUT2D eigenvalue weighted by Crippen LogP contribution is -2.25. The third-order valence-corrected chi connectivity index (χ3v) is 2.72. The molecular weight excluding hydrogens is 208 g/mol. The van der Waals surface area contributed by atoms with Crippen LogP contribution in [-0.2, 0) is 5.60 Å². The molecule has 90 valence electrons. The summed E-state index contributed by atoms with van der Waals surface area (Å²) in [5, 5.41) is 10.3. The first kappa shape index (κ1) is 12.7. The van der Waals surface area contributed by atoms with Gasteiger partial charge in [0.15, 0.2) is 0 Å². The maximum Gasteiger partial charge on any atom is 0.319 e. The largest absolute Gasteiger partial charge is 0.481 e. The van der Waals surface area contributed by atoms with Crippen LogP contribution in [0.5, 0.6) is 11.9 Å². The molecule has 0 saturated heterocycles. The zero-order valence-electron chi connectivity index (χ0n) is 10.1. The Morgan fingerprint density at radius 3 is 2.25 bits per heavy atom. The Morgan fingerprint density at radius 1 is 1.19 bits per heavy atom. The Labute approximate surface area is 95.4 Å². The molecule has 0 unspecified atom stereocenters. The van der Waals surface area contributed by atoms with Crippen molar-refractivity contribution in [3.63, 3.8) is 0 Å². The molecule has 0 saturated carbocycles. The van der Waals surface area contributed by atoms with E-state index in [2.05, 4.69) is 9.97 Å². The van der Waals surface area contributed by atoms with E-state index in [-0.39, 0.29) is 6.01 Å². The van der Waals surface area contributed by atoms with Crippen LogP contribution < -0.4 is 9.47 Å². The Hall–Kier alpha value is -1.36. The molecule has 0 atom stereocenters. The molecule has 1 aromatic heterocycles. The van der Waals surface area contributed by atoms with Crippen LogP contribution in [0.15, 0.2) is 6.07 Å². The molecule has 0 radical (unpaired) electrons. The average molecular weight is 226 g/mol. The van der Waals surface area contributed by atoms with Crippen LogP contribution in [-0.4, -0.2) is 29.3 Å². The number of hydrogen-bond donors (Lipinski definition) is 1. The lowest BCUT2D eigenvalue weighted by molar-refractivity contribution is 0.0229. The van der Waals surface area contributed by atoms with E-state index in [1.807, 2.05) is 13.8 Å². The molecule has 0 spiro atoms. The number of aliphatic hydroxyl groups is 1. The molecule has 0 aliphatic rings. The van der Waals surface area contributed by atoms with Gasteiger partial charge in [-0.1, -0.05) is 13.8 Å². The zero-order chi connectivity index (χ0) is 12.2. The summed E-state index contributed by atoms with van der Waals surface area (Å²) in [5.74, 6) is 0.391. The molecule has 0 aliphatic heterocycles. The molecular formula is C11H18N2O3. The highest BCUT2D eigenvalue weighted by Gasteiger charge is 2.28. The van der Waals surface area contributed by atoms with Gasteiger partial charge in [-0.3, -0.25) is 0 Å². The molecule has 0 aromatic carbocycles. The second-order valence-electron chi connectivity index (χ2n) is 3.52. The van der Waals surface area contributed by atoms with Crippen LogP contribution >= 0.6 is 0 Å². The molecule has 0 bridgehead atoms. The van der Waals surface area contributed by atoms with E-state index < -0.39 is 5.60 Å². The number of rotatable bonds is 5. The topological polar surface area (TPSA) is 64.5 Å². The molecule has 0 aliphatic carbocycles. The number of aromatic nitrogens is 2. The molecule has 5 heteroatoms. The third kappa shape index (κ3) is 2.41. The van der Waals surface area contributed by atoms with Crippen molar-refractivity contribution in [3.05, 3.63) is 11.8 Å². The van der Waals surface area contributed by atoms with Crippen molar-refractivity contribution in [1.82, 2.24) is 9.97 Å². The van der Waals surface area contributed by atoms with Crippen LogP contribution in [0.4, 0.5) is 0 Å². The van der Waals surface area contributed by atoms with Gasteiger partial charge in [0.2, 0.25) is 5.88 Å². The van der Waals surface area contributed by atoms with Gasteiger partial charge in [0, 0.05) is 6.07 Å². The normalized spacial score (nSPS) is 11.3. The first-order chi connectivity index (χ1) is 7.59. The summed E-state index contributed by atoms with van der Waals surface area (Å²) in [6.45, 7) is 3.81. The summed E-state index contributed by atoms with van der Waals surface area (Å²) in [4.78, 5) is 8.14. The Morgan fingerprint density at radius 2 is 1.81 bits per heavy atom. The monoisotopic (exact) mass is 226 g/mol. The summed E-state index contributed by atoms with van der Waals surface area (Å²) in [6, 6.07) is 1.84. The minimum absolute atomic E-state index is 0.203. The summed E-state index contributed by atoms with van der Waals surface area (Å²) >= 11 is 0. The van der Waals surface area contributed by atoms with Gasteiger partial charge in [-0.25, -0.2) is 0 Å². The minimum atomic E-state index is -0.955. The van der Waals surface area contributed by atoms with E-state index in [4.69, 9.17) is 9.47 Å².